The number of piperidine rings is 1. The predicted molar refractivity (Wildman–Crippen MR) is 95.0 cm³/mol. The van der Waals surface area contributed by atoms with Gasteiger partial charge in [-0.1, -0.05) is 6.07 Å². The topological polar surface area (TPSA) is 63.7 Å². The number of esters is 1. The van der Waals surface area contributed by atoms with Gasteiger partial charge < -0.3 is 9.64 Å². The van der Waals surface area contributed by atoms with E-state index in [1.54, 1.807) is 35.2 Å². The third-order valence-electron chi connectivity index (χ3n) is 4.25. The van der Waals surface area contributed by atoms with Crippen molar-refractivity contribution < 1.29 is 19.1 Å². The highest BCUT2D eigenvalue weighted by atomic mass is 32.1. The normalized spacial score (nSPS) is 17.2. The number of hydrogen-bond acceptors (Lipinski definition) is 5. The van der Waals surface area contributed by atoms with E-state index >= 15 is 0 Å². The molecule has 25 heavy (non-hydrogen) atoms. The summed E-state index contributed by atoms with van der Waals surface area (Å²) in [5.41, 5.74) is 0.574. The molecule has 1 saturated heterocycles. The van der Waals surface area contributed by atoms with Crippen LogP contribution in [0.15, 0.2) is 41.8 Å². The lowest BCUT2D eigenvalue weighted by Gasteiger charge is -2.31. The second-order valence-electron chi connectivity index (χ2n) is 6.07. The van der Waals surface area contributed by atoms with Gasteiger partial charge in [0.2, 0.25) is 0 Å². The Morgan fingerprint density at radius 1 is 1.16 bits per heavy atom. The molecule has 2 heterocycles. The summed E-state index contributed by atoms with van der Waals surface area (Å²) < 4.78 is 5.42. The van der Waals surface area contributed by atoms with Gasteiger partial charge in [-0.05, 0) is 55.5 Å². The molecule has 130 valence electrons. The third-order valence-corrected chi connectivity index (χ3v) is 5.11. The summed E-state index contributed by atoms with van der Waals surface area (Å²) in [5, 5.41) is 1.87. The largest absolute Gasteiger partial charge is 0.426 e. The fourth-order valence-corrected chi connectivity index (χ4v) is 3.56. The average Bonchev–Trinajstić information content (AvgIpc) is 3.16. The van der Waals surface area contributed by atoms with Crippen LogP contribution in [0, 0.1) is 5.92 Å². The van der Waals surface area contributed by atoms with Gasteiger partial charge in [0.25, 0.3) is 5.91 Å². The van der Waals surface area contributed by atoms with Crippen LogP contribution in [0.3, 0.4) is 0 Å². The number of hydrogen-bond donors (Lipinski definition) is 0. The summed E-state index contributed by atoms with van der Waals surface area (Å²) in [6.07, 6.45) is 1.48. The van der Waals surface area contributed by atoms with Gasteiger partial charge in [0.1, 0.15) is 5.75 Å². The van der Waals surface area contributed by atoms with E-state index in [9.17, 15) is 14.4 Å². The average molecular weight is 357 g/mol. The van der Waals surface area contributed by atoms with E-state index in [4.69, 9.17) is 4.74 Å². The zero-order chi connectivity index (χ0) is 17.8. The number of carbonyl (C=O) groups excluding carboxylic acids is 3. The summed E-state index contributed by atoms with van der Waals surface area (Å²) in [5.74, 6) is -0.313. The zero-order valence-electron chi connectivity index (χ0n) is 13.9. The molecule has 0 N–H and O–H groups in total. The Balaban J connectivity index is 1.61. The molecule has 0 spiro atoms. The van der Waals surface area contributed by atoms with Crippen molar-refractivity contribution in [2.24, 2.45) is 5.92 Å². The number of carbonyl (C=O) groups is 3. The molecular formula is C19H19NO4S. The molecule has 2 aromatic rings. The second-order valence-corrected chi connectivity index (χ2v) is 7.02. The highest BCUT2D eigenvalue weighted by Gasteiger charge is 2.30. The number of thiophene rings is 1. The molecule has 6 heteroatoms. The number of ether oxygens (including phenoxy) is 1. The molecule has 1 aliphatic heterocycles. The molecular weight excluding hydrogens is 338 g/mol. The number of Topliss-reactive ketones (excluding diaryl/α,β-unsaturated/α-hetero) is 1. The van der Waals surface area contributed by atoms with Crippen molar-refractivity contribution in [3.8, 4) is 5.75 Å². The van der Waals surface area contributed by atoms with Crippen LogP contribution < -0.4 is 4.74 Å². The van der Waals surface area contributed by atoms with Crippen molar-refractivity contribution in [1.82, 2.24) is 4.90 Å². The van der Waals surface area contributed by atoms with Crippen LogP contribution in [0.5, 0.6) is 5.75 Å². The maximum absolute atomic E-state index is 12.4. The van der Waals surface area contributed by atoms with Crippen LogP contribution in [-0.2, 0) is 4.79 Å². The summed E-state index contributed by atoms with van der Waals surface area (Å²) >= 11 is 1.41. The van der Waals surface area contributed by atoms with E-state index in [1.165, 1.54) is 18.3 Å². The van der Waals surface area contributed by atoms with Gasteiger partial charge in [-0.2, -0.15) is 0 Å². The smallest absolute Gasteiger partial charge is 0.316 e. The first-order chi connectivity index (χ1) is 12.0. The first kappa shape index (κ1) is 17.4. The minimum atomic E-state index is -0.334. The first-order valence-electron chi connectivity index (χ1n) is 8.20. The van der Waals surface area contributed by atoms with Gasteiger partial charge in [0.05, 0.1) is 10.8 Å². The van der Waals surface area contributed by atoms with Crippen LogP contribution in [-0.4, -0.2) is 35.6 Å². The molecule has 5 nitrogen and oxygen atoms in total. The van der Waals surface area contributed by atoms with Crippen LogP contribution >= 0.6 is 11.3 Å². The molecule has 3 rings (SSSR count). The molecule has 1 fully saturated rings. The lowest BCUT2D eigenvalue weighted by Crippen LogP contribution is -2.43. The Bertz CT molecular complexity index is 767. The minimum absolute atomic E-state index is 0.0293. The molecule has 1 atom stereocenters. The Morgan fingerprint density at radius 3 is 2.56 bits per heavy atom. The number of rotatable bonds is 4. The van der Waals surface area contributed by atoms with Gasteiger partial charge in [-0.15, -0.1) is 11.3 Å². The van der Waals surface area contributed by atoms with E-state index in [-0.39, 0.29) is 23.6 Å². The van der Waals surface area contributed by atoms with Gasteiger partial charge in [-0.25, -0.2) is 0 Å². The van der Waals surface area contributed by atoms with Crippen LogP contribution in [0.25, 0.3) is 0 Å². The SMILES string of the molecule is CC(=O)c1ccc(OC(=O)[C@@H]2CCCN(C(=O)c3cccs3)C2)cc1. The molecule has 1 aromatic heterocycles. The van der Waals surface area contributed by atoms with E-state index < -0.39 is 0 Å². The maximum Gasteiger partial charge on any atom is 0.316 e. The number of nitrogens with zero attached hydrogens (tertiary/aromatic N) is 1. The fraction of sp³-hybridized carbons (Fsp3) is 0.316. The fourth-order valence-electron chi connectivity index (χ4n) is 2.87. The number of benzene rings is 1. The van der Waals surface area contributed by atoms with Gasteiger partial charge in [-0.3, -0.25) is 14.4 Å². The Kier molecular flexibility index (Phi) is 5.28. The van der Waals surface area contributed by atoms with Crippen LogP contribution in [0.4, 0.5) is 0 Å². The zero-order valence-corrected chi connectivity index (χ0v) is 14.8. The predicted octanol–water partition coefficient (Wildman–Crippen LogP) is 3.41. The third kappa shape index (κ3) is 4.14. The summed E-state index contributed by atoms with van der Waals surface area (Å²) in [7, 11) is 0. The number of ketones is 1. The molecule has 0 radical (unpaired) electrons. The van der Waals surface area contributed by atoms with Crippen LogP contribution in [0.1, 0.15) is 39.8 Å². The summed E-state index contributed by atoms with van der Waals surface area (Å²) in [4.78, 5) is 38.5. The summed E-state index contributed by atoms with van der Waals surface area (Å²) in [6.45, 7) is 2.52. The molecule has 1 aliphatic rings. The molecule has 0 bridgehead atoms. The van der Waals surface area contributed by atoms with Gasteiger partial charge >= 0.3 is 5.97 Å². The molecule has 0 saturated carbocycles. The molecule has 1 aromatic carbocycles. The van der Waals surface area contributed by atoms with Crippen molar-refractivity contribution in [2.75, 3.05) is 13.1 Å². The lowest BCUT2D eigenvalue weighted by atomic mass is 9.98. The number of likely N-dealkylation sites (tertiary alicyclic amines) is 1. The van der Waals surface area contributed by atoms with Crippen molar-refractivity contribution in [1.29, 1.82) is 0 Å². The molecule has 1 amide bonds. The van der Waals surface area contributed by atoms with E-state index in [2.05, 4.69) is 0 Å². The quantitative estimate of drug-likeness (QED) is 0.478. The second kappa shape index (κ2) is 7.61. The highest BCUT2D eigenvalue weighted by Crippen LogP contribution is 2.23. The van der Waals surface area contributed by atoms with E-state index in [1.807, 2.05) is 11.4 Å². The molecule has 0 unspecified atom stereocenters. The van der Waals surface area contributed by atoms with Crippen molar-refractivity contribution in [3.05, 3.63) is 52.2 Å². The van der Waals surface area contributed by atoms with Crippen LogP contribution in [0.2, 0.25) is 0 Å². The molecule has 0 aliphatic carbocycles. The standard InChI is InChI=1S/C19H19NO4S/c1-13(21)14-6-8-16(9-7-14)24-19(23)15-4-2-10-20(12-15)18(22)17-5-3-11-25-17/h3,5-9,11,15H,2,4,10,12H2,1H3/t15-/m1/s1. The number of amides is 1. The van der Waals surface area contributed by atoms with E-state index in [0.29, 0.717) is 35.7 Å². The first-order valence-corrected chi connectivity index (χ1v) is 9.08. The summed E-state index contributed by atoms with van der Waals surface area (Å²) in [6, 6.07) is 10.2. The van der Waals surface area contributed by atoms with Gasteiger partial charge in [0.15, 0.2) is 5.78 Å². The van der Waals surface area contributed by atoms with Gasteiger partial charge in [0, 0.05) is 18.7 Å². The maximum atomic E-state index is 12.4. The van der Waals surface area contributed by atoms with E-state index in [0.717, 1.165) is 6.42 Å². The van der Waals surface area contributed by atoms with Crippen molar-refractivity contribution in [2.45, 2.75) is 19.8 Å². The van der Waals surface area contributed by atoms with Crippen molar-refractivity contribution >= 4 is 29.0 Å². The minimum Gasteiger partial charge on any atom is -0.426 e. The Morgan fingerprint density at radius 2 is 1.92 bits per heavy atom. The lowest BCUT2D eigenvalue weighted by molar-refractivity contribution is -0.140. The monoisotopic (exact) mass is 357 g/mol. The highest BCUT2D eigenvalue weighted by molar-refractivity contribution is 7.12. The Hall–Kier alpha value is -2.47. The van der Waals surface area contributed by atoms with Crippen molar-refractivity contribution in [3.63, 3.8) is 0 Å². The Labute approximate surface area is 150 Å².